The fourth-order valence-corrected chi connectivity index (χ4v) is 2.96. The molecule has 0 radical (unpaired) electrons. The summed E-state index contributed by atoms with van der Waals surface area (Å²) in [7, 11) is 1.61. The van der Waals surface area contributed by atoms with Crippen LogP contribution in [0.1, 0.15) is 17.2 Å². The lowest BCUT2D eigenvalue weighted by Crippen LogP contribution is -2.36. The van der Waals surface area contributed by atoms with E-state index in [1.807, 2.05) is 30.3 Å². The molecular formula is C19H22N2O4. The van der Waals surface area contributed by atoms with Gasteiger partial charge in [0.05, 0.1) is 18.8 Å². The number of hydrogen-bond acceptors (Lipinski definition) is 4. The van der Waals surface area contributed by atoms with Crippen molar-refractivity contribution < 1.29 is 19.4 Å². The second-order valence-corrected chi connectivity index (χ2v) is 5.92. The summed E-state index contributed by atoms with van der Waals surface area (Å²) >= 11 is 0. The van der Waals surface area contributed by atoms with Gasteiger partial charge in [0.25, 0.3) is 0 Å². The molecule has 2 aromatic rings. The molecule has 1 aliphatic rings. The van der Waals surface area contributed by atoms with E-state index >= 15 is 0 Å². The van der Waals surface area contributed by atoms with E-state index in [1.54, 1.807) is 25.3 Å². The first-order chi connectivity index (χ1) is 12.2. The van der Waals surface area contributed by atoms with Crippen LogP contribution in [-0.4, -0.2) is 37.6 Å². The molecule has 0 saturated carbocycles. The normalized spacial score (nSPS) is 18.5. The SMILES string of the molecule is COCCOc1cccc(NC(=O)N[C@H]2c3ccccc3C[C@H]2O)c1. The Morgan fingerprint density at radius 3 is 2.88 bits per heavy atom. The van der Waals surface area contributed by atoms with Crippen molar-refractivity contribution in [2.24, 2.45) is 0 Å². The third-order valence-electron chi connectivity index (χ3n) is 4.14. The Bertz CT molecular complexity index is 735. The van der Waals surface area contributed by atoms with Crippen molar-refractivity contribution in [1.82, 2.24) is 5.32 Å². The Kier molecular flexibility index (Phi) is 5.53. The molecule has 0 saturated heterocycles. The summed E-state index contributed by atoms with van der Waals surface area (Å²) in [6, 6.07) is 14.1. The maximum Gasteiger partial charge on any atom is 0.319 e. The van der Waals surface area contributed by atoms with E-state index in [2.05, 4.69) is 10.6 Å². The molecule has 1 aliphatic carbocycles. The lowest BCUT2D eigenvalue weighted by molar-refractivity contribution is 0.144. The zero-order valence-electron chi connectivity index (χ0n) is 14.1. The van der Waals surface area contributed by atoms with Crippen LogP contribution in [0.15, 0.2) is 48.5 Å². The number of aliphatic hydroxyl groups excluding tert-OH is 1. The molecule has 0 unspecified atom stereocenters. The van der Waals surface area contributed by atoms with E-state index in [-0.39, 0.29) is 6.03 Å². The maximum atomic E-state index is 12.3. The number of carbonyl (C=O) groups excluding carboxylic acids is 1. The predicted molar refractivity (Wildman–Crippen MR) is 94.9 cm³/mol. The van der Waals surface area contributed by atoms with Gasteiger partial charge in [-0.3, -0.25) is 0 Å². The van der Waals surface area contributed by atoms with Crippen LogP contribution >= 0.6 is 0 Å². The highest BCUT2D eigenvalue weighted by atomic mass is 16.5. The van der Waals surface area contributed by atoms with Gasteiger partial charge in [0.15, 0.2) is 0 Å². The number of hydrogen-bond donors (Lipinski definition) is 3. The van der Waals surface area contributed by atoms with E-state index in [0.717, 1.165) is 11.1 Å². The van der Waals surface area contributed by atoms with Crippen LogP contribution < -0.4 is 15.4 Å². The van der Waals surface area contributed by atoms with Crippen LogP contribution in [0.3, 0.4) is 0 Å². The fourth-order valence-electron chi connectivity index (χ4n) is 2.96. The van der Waals surface area contributed by atoms with Crippen molar-refractivity contribution in [3.8, 4) is 5.75 Å². The first kappa shape index (κ1) is 17.3. The molecule has 0 fully saturated rings. The molecule has 3 N–H and O–H groups in total. The summed E-state index contributed by atoms with van der Waals surface area (Å²) < 4.78 is 10.5. The van der Waals surface area contributed by atoms with Gasteiger partial charge in [0.2, 0.25) is 0 Å². The van der Waals surface area contributed by atoms with Crippen molar-refractivity contribution in [3.05, 3.63) is 59.7 Å². The van der Waals surface area contributed by atoms with Gasteiger partial charge in [-0.05, 0) is 23.3 Å². The molecule has 0 aromatic heterocycles. The van der Waals surface area contributed by atoms with Crippen molar-refractivity contribution in [2.45, 2.75) is 18.6 Å². The minimum Gasteiger partial charge on any atom is -0.491 e. The predicted octanol–water partition coefficient (Wildman–Crippen LogP) is 2.49. The fraction of sp³-hybridized carbons (Fsp3) is 0.316. The molecule has 3 rings (SSSR count). The summed E-state index contributed by atoms with van der Waals surface area (Å²) in [5, 5.41) is 15.8. The molecule has 25 heavy (non-hydrogen) atoms. The van der Waals surface area contributed by atoms with Crippen molar-refractivity contribution in [3.63, 3.8) is 0 Å². The smallest absolute Gasteiger partial charge is 0.319 e. The van der Waals surface area contributed by atoms with Gasteiger partial charge in [-0.1, -0.05) is 30.3 Å². The van der Waals surface area contributed by atoms with Crippen LogP contribution in [0.4, 0.5) is 10.5 Å². The monoisotopic (exact) mass is 342 g/mol. The third-order valence-corrected chi connectivity index (χ3v) is 4.14. The molecule has 132 valence electrons. The van der Waals surface area contributed by atoms with Crippen molar-refractivity contribution >= 4 is 11.7 Å². The summed E-state index contributed by atoms with van der Waals surface area (Å²) in [5.41, 5.74) is 2.64. The van der Waals surface area contributed by atoms with Crippen LogP contribution in [0.25, 0.3) is 0 Å². The van der Waals surface area contributed by atoms with Gasteiger partial charge in [-0.25, -0.2) is 4.79 Å². The highest BCUT2D eigenvalue weighted by molar-refractivity contribution is 5.89. The molecule has 0 spiro atoms. The minimum atomic E-state index is -0.619. The molecular weight excluding hydrogens is 320 g/mol. The van der Waals surface area contributed by atoms with Gasteiger partial charge >= 0.3 is 6.03 Å². The Labute approximate surface area is 146 Å². The molecule has 2 aromatic carbocycles. The second kappa shape index (κ2) is 8.00. The summed E-state index contributed by atoms with van der Waals surface area (Å²) in [5.74, 6) is 0.654. The van der Waals surface area contributed by atoms with Crippen LogP contribution in [0, 0.1) is 0 Å². The van der Waals surface area contributed by atoms with E-state index in [0.29, 0.717) is 31.1 Å². The summed E-state index contributed by atoms with van der Waals surface area (Å²) in [4.78, 5) is 12.3. The third kappa shape index (κ3) is 4.29. The van der Waals surface area contributed by atoms with Gasteiger partial charge in [0, 0.05) is 25.3 Å². The minimum absolute atomic E-state index is 0.366. The quantitative estimate of drug-likeness (QED) is 0.705. The first-order valence-corrected chi connectivity index (χ1v) is 8.22. The molecule has 0 aliphatic heterocycles. The van der Waals surface area contributed by atoms with E-state index in [9.17, 15) is 9.90 Å². The number of methoxy groups -OCH3 is 1. The van der Waals surface area contributed by atoms with Gasteiger partial charge in [-0.15, -0.1) is 0 Å². The topological polar surface area (TPSA) is 79.8 Å². The molecule has 6 nitrogen and oxygen atoms in total. The molecule has 2 amide bonds. The molecule has 0 bridgehead atoms. The molecule has 2 atom stereocenters. The van der Waals surface area contributed by atoms with Gasteiger partial charge in [0.1, 0.15) is 12.4 Å². The number of benzene rings is 2. The lowest BCUT2D eigenvalue weighted by Gasteiger charge is -2.18. The highest BCUT2D eigenvalue weighted by Crippen LogP contribution is 2.31. The largest absolute Gasteiger partial charge is 0.491 e. The first-order valence-electron chi connectivity index (χ1n) is 8.22. The molecule has 0 heterocycles. The second-order valence-electron chi connectivity index (χ2n) is 5.92. The average molecular weight is 342 g/mol. The number of ether oxygens (including phenoxy) is 2. The Morgan fingerprint density at radius 2 is 2.04 bits per heavy atom. The summed E-state index contributed by atoms with van der Waals surface area (Å²) in [6.45, 7) is 0.939. The number of amides is 2. The lowest BCUT2D eigenvalue weighted by atomic mass is 10.1. The van der Waals surface area contributed by atoms with Crippen LogP contribution in [-0.2, 0) is 11.2 Å². The maximum absolute atomic E-state index is 12.3. The van der Waals surface area contributed by atoms with E-state index in [1.165, 1.54) is 0 Å². The van der Waals surface area contributed by atoms with Crippen LogP contribution in [0.2, 0.25) is 0 Å². The average Bonchev–Trinajstić information content (AvgIpc) is 2.91. The number of nitrogens with one attached hydrogen (secondary N) is 2. The standard InChI is InChI=1S/C19H22N2O4/c1-24-9-10-25-15-7-4-6-14(12-15)20-19(23)21-18-16-8-3-2-5-13(16)11-17(18)22/h2-8,12,17-18,22H,9-11H2,1H3,(H2,20,21,23)/t17-,18+/m1/s1. The number of anilines is 1. The van der Waals surface area contributed by atoms with Gasteiger partial charge in [-0.2, -0.15) is 0 Å². The number of urea groups is 1. The van der Waals surface area contributed by atoms with Crippen molar-refractivity contribution in [1.29, 1.82) is 0 Å². The Morgan fingerprint density at radius 1 is 1.20 bits per heavy atom. The molecule has 6 heteroatoms. The highest BCUT2D eigenvalue weighted by Gasteiger charge is 2.31. The van der Waals surface area contributed by atoms with Gasteiger partial charge < -0.3 is 25.2 Å². The number of carbonyl (C=O) groups is 1. The Balaban J connectivity index is 1.60. The summed E-state index contributed by atoms with van der Waals surface area (Å²) in [6.07, 6.45) is -0.0731. The number of aliphatic hydroxyl groups is 1. The van der Waals surface area contributed by atoms with Crippen LogP contribution in [0.5, 0.6) is 5.75 Å². The Hall–Kier alpha value is -2.57. The van der Waals surface area contributed by atoms with E-state index in [4.69, 9.17) is 9.47 Å². The van der Waals surface area contributed by atoms with E-state index < -0.39 is 12.1 Å². The number of fused-ring (bicyclic) bond motifs is 1. The van der Waals surface area contributed by atoms with Crippen molar-refractivity contribution in [2.75, 3.05) is 25.6 Å². The zero-order valence-corrected chi connectivity index (χ0v) is 14.1. The number of rotatable bonds is 6. The zero-order chi connectivity index (χ0) is 17.6.